The van der Waals surface area contributed by atoms with Gasteiger partial charge in [0.1, 0.15) is 5.60 Å². The van der Waals surface area contributed by atoms with E-state index in [-0.39, 0.29) is 11.5 Å². The van der Waals surface area contributed by atoms with Gasteiger partial charge in [0, 0.05) is 5.41 Å². The number of rotatable bonds is 2. The minimum Gasteiger partial charge on any atom is -0.443 e. The Morgan fingerprint density at radius 3 is 1.69 bits per heavy atom. The lowest BCUT2D eigenvalue weighted by molar-refractivity contribution is 0.0423. The van der Waals surface area contributed by atoms with Crippen molar-refractivity contribution >= 4 is 17.5 Å². The Kier molecular flexibility index (Phi) is 4.91. The predicted molar refractivity (Wildman–Crippen MR) is 118 cm³/mol. The number of carbonyl (C=O) groups is 1. The Morgan fingerprint density at radius 2 is 1.28 bits per heavy atom. The summed E-state index contributed by atoms with van der Waals surface area (Å²) in [6, 6.07) is 20.2. The molecule has 0 saturated heterocycles. The number of benzene rings is 2. The van der Waals surface area contributed by atoms with Gasteiger partial charge in [0.15, 0.2) is 0 Å². The van der Waals surface area contributed by atoms with E-state index in [9.17, 15) is 4.79 Å². The van der Waals surface area contributed by atoms with E-state index in [1.807, 2.05) is 81.4 Å². The first-order valence-corrected chi connectivity index (χ1v) is 10.1. The highest BCUT2D eigenvalue weighted by atomic mass is 16.6. The van der Waals surface area contributed by atoms with Crippen molar-refractivity contribution in [3.8, 4) is 0 Å². The number of carbonyl (C=O) groups excluding carboxylic acids is 1. The molecule has 0 bridgehead atoms. The van der Waals surface area contributed by atoms with E-state index < -0.39 is 5.60 Å². The van der Waals surface area contributed by atoms with E-state index in [0.29, 0.717) is 0 Å². The van der Waals surface area contributed by atoms with Gasteiger partial charge in [-0.3, -0.25) is 0 Å². The maximum Gasteiger partial charge on any atom is 0.419 e. The van der Waals surface area contributed by atoms with Crippen molar-refractivity contribution < 1.29 is 9.53 Å². The molecule has 148 valence electrons. The first kappa shape index (κ1) is 19.3. The third kappa shape index (κ3) is 4.04. The van der Waals surface area contributed by atoms with Gasteiger partial charge in [0.2, 0.25) is 0 Å². The lowest BCUT2D eigenvalue weighted by Gasteiger charge is -2.38. The summed E-state index contributed by atoms with van der Waals surface area (Å²) in [5, 5.41) is 0. The molecule has 4 rings (SSSR count). The van der Waals surface area contributed by atoms with Gasteiger partial charge >= 0.3 is 6.09 Å². The van der Waals surface area contributed by atoms with Crippen LogP contribution in [0.2, 0.25) is 0 Å². The van der Waals surface area contributed by atoms with Crippen molar-refractivity contribution in [2.75, 3.05) is 0 Å². The molecule has 0 atom stereocenters. The van der Waals surface area contributed by atoms with Gasteiger partial charge in [-0.25, -0.2) is 9.69 Å². The minimum absolute atomic E-state index is 0.116. The molecule has 1 aliphatic carbocycles. The molecule has 2 aromatic carbocycles. The summed E-state index contributed by atoms with van der Waals surface area (Å²) >= 11 is 0. The zero-order valence-corrected chi connectivity index (χ0v) is 17.3. The first-order valence-electron chi connectivity index (χ1n) is 10.1. The Balaban J connectivity index is 1.88. The van der Waals surface area contributed by atoms with E-state index in [1.165, 1.54) is 0 Å². The van der Waals surface area contributed by atoms with Crippen molar-refractivity contribution in [2.24, 2.45) is 5.41 Å². The van der Waals surface area contributed by atoms with Crippen LogP contribution in [0.25, 0.3) is 11.4 Å². The van der Waals surface area contributed by atoms with E-state index in [4.69, 9.17) is 4.74 Å². The van der Waals surface area contributed by atoms with Crippen molar-refractivity contribution in [2.45, 2.75) is 39.2 Å². The summed E-state index contributed by atoms with van der Waals surface area (Å²) in [7, 11) is 0. The summed E-state index contributed by atoms with van der Waals surface area (Å²) in [5.41, 5.74) is 3.08. The quantitative estimate of drug-likeness (QED) is 0.541. The Morgan fingerprint density at radius 1 is 0.828 bits per heavy atom. The van der Waals surface area contributed by atoms with E-state index in [1.54, 1.807) is 4.90 Å². The molecule has 0 fully saturated rings. The SMILES string of the molecule is CC(C)(C)OC(=O)N1C(c2ccccc2)=CC2(C=C1c1ccccc1)CC=CC2. The number of nitrogens with zero attached hydrogens (tertiary/aromatic N) is 1. The maximum atomic E-state index is 13.4. The summed E-state index contributed by atoms with van der Waals surface area (Å²) in [5.74, 6) is 0. The number of hydrogen-bond donors (Lipinski definition) is 0. The monoisotopic (exact) mass is 385 g/mol. The van der Waals surface area contributed by atoms with Gasteiger partial charge in [-0.15, -0.1) is 0 Å². The molecule has 1 amide bonds. The summed E-state index contributed by atoms with van der Waals surface area (Å²) in [6.45, 7) is 5.69. The van der Waals surface area contributed by atoms with Crippen LogP contribution in [0.3, 0.4) is 0 Å². The Bertz CT molecular complexity index is 911. The number of allylic oxidation sites excluding steroid dienone is 4. The molecule has 0 saturated carbocycles. The smallest absolute Gasteiger partial charge is 0.419 e. The fraction of sp³-hybridized carbons (Fsp3) is 0.269. The molecule has 3 heteroatoms. The summed E-state index contributed by atoms with van der Waals surface area (Å²) in [6.07, 6.45) is 10.4. The van der Waals surface area contributed by atoms with Gasteiger partial charge < -0.3 is 4.74 Å². The third-order valence-corrected chi connectivity index (χ3v) is 5.21. The molecule has 2 aromatic rings. The van der Waals surface area contributed by atoms with E-state index in [0.717, 1.165) is 35.4 Å². The average Bonchev–Trinajstić information content (AvgIpc) is 3.15. The summed E-state index contributed by atoms with van der Waals surface area (Å²) in [4.78, 5) is 15.1. The second-order valence-corrected chi connectivity index (χ2v) is 8.72. The molecular weight excluding hydrogens is 358 g/mol. The van der Waals surface area contributed by atoms with Gasteiger partial charge in [-0.2, -0.15) is 0 Å². The van der Waals surface area contributed by atoms with Gasteiger partial charge in [-0.1, -0.05) is 72.8 Å². The Hall–Kier alpha value is -3.07. The van der Waals surface area contributed by atoms with Crippen LogP contribution in [0.15, 0.2) is 85.0 Å². The molecule has 0 aromatic heterocycles. The van der Waals surface area contributed by atoms with E-state index >= 15 is 0 Å². The van der Waals surface area contributed by atoms with Crippen LogP contribution < -0.4 is 0 Å². The number of hydrogen-bond acceptors (Lipinski definition) is 2. The zero-order chi connectivity index (χ0) is 20.5. The van der Waals surface area contributed by atoms with Crippen LogP contribution in [0.1, 0.15) is 44.7 Å². The lowest BCUT2D eigenvalue weighted by atomic mass is 9.79. The second kappa shape index (κ2) is 7.40. The van der Waals surface area contributed by atoms with Crippen molar-refractivity contribution in [1.29, 1.82) is 0 Å². The average molecular weight is 386 g/mol. The van der Waals surface area contributed by atoms with Gasteiger partial charge in [0.05, 0.1) is 11.4 Å². The molecule has 1 heterocycles. The molecule has 1 aliphatic heterocycles. The standard InChI is InChI=1S/C26H27NO2/c1-25(2,3)29-24(28)27-22(20-12-6-4-7-13-20)18-26(16-10-11-17-26)19-23(27)21-14-8-5-9-15-21/h4-15,18-19H,16-17H2,1-3H3. The zero-order valence-electron chi connectivity index (χ0n) is 17.3. The maximum absolute atomic E-state index is 13.4. The third-order valence-electron chi connectivity index (χ3n) is 5.21. The molecule has 2 aliphatic rings. The highest BCUT2D eigenvalue weighted by molar-refractivity contribution is 5.95. The lowest BCUT2D eigenvalue weighted by Crippen LogP contribution is -2.37. The largest absolute Gasteiger partial charge is 0.443 e. The molecular formula is C26H27NO2. The van der Waals surface area contributed by atoms with Crippen LogP contribution in [-0.4, -0.2) is 16.6 Å². The topological polar surface area (TPSA) is 29.5 Å². The Labute approximate surface area is 173 Å². The highest BCUT2D eigenvalue weighted by Gasteiger charge is 2.38. The molecule has 29 heavy (non-hydrogen) atoms. The van der Waals surface area contributed by atoms with Crippen molar-refractivity contribution in [3.63, 3.8) is 0 Å². The number of ether oxygens (including phenoxy) is 1. The van der Waals surface area contributed by atoms with Crippen molar-refractivity contribution in [3.05, 3.63) is 96.1 Å². The normalized spacial score (nSPS) is 17.8. The molecule has 0 unspecified atom stereocenters. The van der Waals surface area contributed by atoms with Crippen LogP contribution in [0, 0.1) is 5.41 Å². The minimum atomic E-state index is -0.579. The molecule has 3 nitrogen and oxygen atoms in total. The molecule has 0 N–H and O–H groups in total. The highest BCUT2D eigenvalue weighted by Crippen LogP contribution is 2.47. The fourth-order valence-corrected chi connectivity index (χ4v) is 3.92. The van der Waals surface area contributed by atoms with Gasteiger partial charge in [-0.05, 0) is 56.9 Å². The van der Waals surface area contributed by atoms with E-state index in [2.05, 4.69) is 24.3 Å². The van der Waals surface area contributed by atoms with Crippen LogP contribution in [-0.2, 0) is 4.74 Å². The molecule has 0 radical (unpaired) electrons. The predicted octanol–water partition coefficient (Wildman–Crippen LogP) is 6.66. The second-order valence-electron chi connectivity index (χ2n) is 8.72. The van der Waals surface area contributed by atoms with Crippen LogP contribution in [0.5, 0.6) is 0 Å². The van der Waals surface area contributed by atoms with Crippen LogP contribution in [0.4, 0.5) is 4.79 Å². The van der Waals surface area contributed by atoms with Crippen LogP contribution >= 0.6 is 0 Å². The van der Waals surface area contributed by atoms with Gasteiger partial charge in [0.25, 0.3) is 0 Å². The fourth-order valence-electron chi connectivity index (χ4n) is 3.92. The first-order chi connectivity index (χ1) is 13.9. The number of amides is 1. The summed E-state index contributed by atoms with van der Waals surface area (Å²) < 4.78 is 5.82. The van der Waals surface area contributed by atoms with Crippen molar-refractivity contribution in [1.82, 2.24) is 4.90 Å². The molecule has 1 spiro atoms.